The van der Waals surface area contributed by atoms with E-state index in [1.165, 1.54) is 6.07 Å². The Labute approximate surface area is 108 Å². The predicted octanol–water partition coefficient (Wildman–Crippen LogP) is 3.17. The van der Waals surface area contributed by atoms with Crippen molar-refractivity contribution in [3.63, 3.8) is 0 Å². The molecule has 0 N–H and O–H groups in total. The van der Waals surface area contributed by atoms with Crippen LogP contribution in [0.5, 0.6) is 0 Å². The second kappa shape index (κ2) is 5.55. The maximum Gasteiger partial charge on any atom is 0.293 e. The van der Waals surface area contributed by atoms with Gasteiger partial charge in [-0.3, -0.25) is 14.9 Å². The number of alkyl halides is 1. The molecule has 15 heavy (non-hydrogen) atoms. The number of nitro benzene ring substituents is 1. The van der Waals surface area contributed by atoms with Gasteiger partial charge in [0, 0.05) is 11.8 Å². The van der Waals surface area contributed by atoms with E-state index in [-0.39, 0.29) is 23.5 Å². The highest BCUT2D eigenvalue weighted by atomic mass is 127. The molecule has 0 radical (unpaired) electrons. The first-order chi connectivity index (χ1) is 7.07. The lowest BCUT2D eigenvalue weighted by Gasteiger charge is -2.02. The van der Waals surface area contributed by atoms with Gasteiger partial charge in [0.2, 0.25) is 0 Å². The van der Waals surface area contributed by atoms with Crippen LogP contribution >= 0.6 is 38.5 Å². The summed E-state index contributed by atoms with van der Waals surface area (Å²) in [6, 6.07) is 4.76. The van der Waals surface area contributed by atoms with Crippen LogP contribution in [0.3, 0.4) is 0 Å². The van der Waals surface area contributed by atoms with Crippen molar-refractivity contribution in [1.29, 1.82) is 0 Å². The average molecular weight is 384 g/mol. The summed E-state index contributed by atoms with van der Waals surface area (Å²) in [4.78, 5) is 21.9. The largest absolute Gasteiger partial charge is 0.294 e. The summed E-state index contributed by atoms with van der Waals surface area (Å²) in [5.74, 6) is -0.211. The van der Waals surface area contributed by atoms with E-state index in [1.807, 2.05) is 22.6 Å². The number of nitrogens with zero attached hydrogens (tertiary/aromatic N) is 1. The molecule has 0 bridgehead atoms. The van der Waals surface area contributed by atoms with E-state index >= 15 is 0 Å². The van der Waals surface area contributed by atoms with Crippen molar-refractivity contribution in [3.05, 3.63) is 37.4 Å². The number of benzene rings is 1. The Balaban J connectivity index is 3.23. The molecule has 1 aromatic carbocycles. The highest BCUT2D eigenvalue weighted by Crippen LogP contribution is 2.26. The minimum absolute atomic E-state index is 0.0935. The topological polar surface area (TPSA) is 60.2 Å². The maximum absolute atomic E-state index is 11.6. The van der Waals surface area contributed by atoms with Crippen LogP contribution in [0.4, 0.5) is 5.69 Å². The molecule has 6 heteroatoms. The summed E-state index contributed by atoms with van der Waals surface area (Å²) in [6.07, 6.45) is 0.265. The second-order valence-electron chi connectivity index (χ2n) is 2.76. The molecule has 0 amide bonds. The van der Waals surface area contributed by atoms with Crippen LogP contribution in [0, 0.1) is 13.7 Å². The quantitative estimate of drug-likeness (QED) is 0.264. The summed E-state index contributed by atoms with van der Waals surface area (Å²) < 4.78 is 0.484. The Bertz CT molecular complexity index is 408. The van der Waals surface area contributed by atoms with Gasteiger partial charge in [-0.2, -0.15) is 0 Å². The Kier molecular flexibility index (Phi) is 4.65. The van der Waals surface area contributed by atoms with Crippen LogP contribution < -0.4 is 0 Å². The van der Waals surface area contributed by atoms with Crippen LogP contribution in [0.1, 0.15) is 16.8 Å². The van der Waals surface area contributed by atoms with Crippen LogP contribution in [-0.4, -0.2) is 16.0 Å². The molecule has 0 aromatic heterocycles. The molecule has 0 spiro atoms. The van der Waals surface area contributed by atoms with Gasteiger partial charge < -0.3 is 0 Å². The minimum atomic E-state index is -0.511. The van der Waals surface area contributed by atoms with Gasteiger partial charge >= 0.3 is 0 Å². The first kappa shape index (κ1) is 12.6. The number of halogens is 2. The van der Waals surface area contributed by atoms with Crippen LogP contribution in [0.25, 0.3) is 0 Å². The van der Waals surface area contributed by atoms with Crippen molar-refractivity contribution >= 4 is 50.0 Å². The van der Waals surface area contributed by atoms with Crippen LogP contribution in [0.15, 0.2) is 18.2 Å². The average Bonchev–Trinajstić information content (AvgIpc) is 2.17. The van der Waals surface area contributed by atoms with Gasteiger partial charge in [0.05, 0.1) is 14.1 Å². The first-order valence-electron chi connectivity index (χ1n) is 4.10. The van der Waals surface area contributed by atoms with E-state index in [9.17, 15) is 14.9 Å². The molecule has 0 saturated carbocycles. The third-order valence-corrected chi connectivity index (χ3v) is 3.06. The number of rotatable bonds is 4. The van der Waals surface area contributed by atoms with Crippen LogP contribution in [0.2, 0.25) is 0 Å². The third kappa shape index (κ3) is 2.97. The van der Waals surface area contributed by atoms with Gasteiger partial charge in [-0.1, -0.05) is 22.0 Å². The number of hydrogen-bond acceptors (Lipinski definition) is 3. The van der Waals surface area contributed by atoms with Crippen molar-refractivity contribution < 1.29 is 9.72 Å². The standard InChI is InChI=1S/C9H7BrINO3/c10-5-4-8(13)6-2-1-3-7(11)9(6)12(14)15/h1-3H,4-5H2. The summed E-state index contributed by atoms with van der Waals surface area (Å²) >= 11 is 4.99. The fraction of sp³-hybridized carbons (Fsp3) is 0.222. The zero-order valence-electron chi connectivity index (χ0n) is 7.57. The molecule has 0 aliphatic rings. The first-order valence-corrected chi connectivity index (χ1v) is 6.30. The van der Waals surface area contributed by atoms with Crippen molar-refractivity contribution in [1.82, 2.24) is 0 Å². The highest BCUT2D eigenvalue weighted by Gasteiger charge is 2.22. The van der Waals surface area contributed by atoms with Gasteiger partial charge in [-0.05, 0) is 34.7 Å². The number of carbonyl (C=O) groups excluding carboxylic acids is 1. The summed E-state index contributed by atoms with van der Waals surface area (Å²) in [5.41, 5.74) is 0.0930. The Morgan fingerprint density at radius 2 is 2.20 bits per heavy atom. The van der Waals surface area contributed by atoms with E-state index in [0.717, 1.165) is 0 Å². The summed E-state index contributed by atoms with van der Waals surface area (Å²) in [5, 5.41) is 11.3. The molecule has 0 heterocycles. The van der Waals surface area contributed by atoms with E-state index < -0.39 is 4.92 Å². The molecule has 0 aliphatic carbocycles. The molecule has 4 nitrogen and oxygen atoms in total. The lowest BCUT2D eigenvalue weighted by molar-refractivity contribution is -0.386. The van der Waals surface area contributed by atoms with Crippen molar-refractivity contribution in [2.24, 2.45) is 0 Å². The lowest BCUT2D eigenvalue weighted by Crippen LogP contribution is -2.05. The SMILES string of the molecule is O=C(CCBr)c1cccc(I)c1[N+](=O)[O-]. The Morgan fingerprint density at radius 3 is 2.73 bits per heavy atom. The maximum atomic E-state index is 11.6. The fourth-order valence-corrected chi connectivity index (χ4v) is 2.20. The zero-order valence-corrected chi connectivity index (χ0v) is 11.3. The molecular weight excluding hydrogens is 377 g/mol. The van der Waals surface area contributed by atoms with Gasteiger partial charge in [0.1, 0.15) is 0 Å². The van der Waals surface area contributed by atoms with E-state index in [0.29, 0.717) is 8.90 Å². The van der Waals surface area contributed by atoms with Crippen molar-refractivity contribution in [2.45, 2.75) is 6.42 Å². The van der Waals surface area contributed by atoms with Gasteiger partial charge in [-0.25, -0.2) is 0 Å². The fourth-order valence-electron chi connectivity index (χ4n) is 1.15. The molecule has 80 valence electrons. The van der Waals surface area contributed by atoms with Crippen molar-refractivity contribution in [3.8, 4) is 0 Å². The molecule has 1 rings (SSSR count). The Morgan fingerprint density at radius 1 is 1.53 bits per heavy atom. The Hall–Kier alpha value is -0.500. The van der Waals surface area contributed by atoms with E-state index in [4.69, 9.17) is 0 Å². The highest BCUT2D eigenvalue weighted by molar-refractivity contribution is 14.1. The molecule has 1 aromatic rings. The minimum Gasteiger partial charge on any atom is -0.294 e. The number of Topliss-reactive ketones (excluding diaryl/α,β-unsaturated/α-hetero) is 1. The molecular formula is C9H7BrINO3. The number of ketones is 1. The predicted molar refractivity (Wildman–Crippen MR) is 68.6 cm³/mol. The normalized spacial score (nSPS) is 10.0. The van der Waals surface area contributed by atoms with Crippen LogP contribution in [-0.2, 0) is 0 Å². The molecule has 0 aliphatic heterocycles. The molecule has 0 fully saturated rings. The lowest BCUT2D eigenvalue weighted by atomic mass is 10.1. The third-order valence-electron chi connectivity index (χ3n) is 1.79. The van der Waals surface area contributed by atoms with Gasteiger partial charge in [0.15, 0.2) is 5.78 Å². The second-order valence-corrected chi connectivity index (χ2v) is 4.71. The van der Waals surface area contributed by atoms with Gasteiger partial charge in [0.25, 0.3) is 5.69 Å². The summed E-state index contributed by atoms with van der Waals surface area (Å²) in [6.45, 7) is 0. The van der Waals surface area contributed by atoms with E-state index in [1.54, 1.807) is 12.1 Å². The molecule has 0 unspecified atom stereocenters. The number of nitro groups is 1. The number of para-hydroxylation sites is 1. The smallest absolute Gasteiger partial charge is 0.293 e. The van der Waals surface area contributed by atoms with Crippen molar-refractivity contribution in [2.75, 3.05) is 5.33 Å². The summed E-state index contributed by atoms with van der Waals surface area (Å²) in [7, 11) is 0. The zero-order chi connectivity index (χ0) is 11.4. The number of hydrogen-bond donors (Lipinski definition) is 0. The van der Waals surface area contributed by atoms with E-state index in [2.05, 4.69) is 15.9 Å². The number of carbonyl (C=O) groups is 1. The molecule has 0 atom stereocenters. The monoisotopic (exact) mass is 383 g/mol. The van der Waals surface area contributed by atoms with Gasteiger partial charge in [-0.15, -0.1) is 0 Å². The molecule has 0 saturated heterocycles.